The summed E-state index contributed by atoms with van der Waals surface area (Å²) in [5.41, 5.74) is 0. The topological polar surface area (TPSA) is 12.0 Å². The zero-order valence-electron chi connectivity index (χ0n) is 10.4. The van der Waals surface area contributed by atoms with Crippen LogP contribution in [0.4, 0.5) is 0 Å². The lowest BCUT2D eigenvalue weighted by Crippen LogP contribution is -2.15. The Morgan fingerprint density at radius 3 is 2.33 bits per heavy atom. The smallest absolute Gasteiger partial charge is 0.0459 e. The monoisotopic (exact) mass is 116 g/mol. The molecule has 0 aromatic carbocycles. The van der Waals surface area contributed by atoms with Crippen LogP contribution in [0.5, 0.6) is 0 Å². The van der Waals surface area contributed by atoms with Crippen LogP contribution in [-0.2, 0) is 0 Å². The van der Waals surface area contributed by atoms with E-state index in [-0.39, 0.29) is 12.4 Å². The van der Waals surface area contributed by atoms with Crippen molar-refractivity contribution in [3.8, 4) is 0 Å². The Labute approximate surface area is 55.4 Å². The molecule has 0 heterocycles. The fourth-order valence-corrected chi connectivity index (χ4v) is 0. The summed E-state index contributed by atoms with van der Waals surface area (Å²) in [6.07, 6.45) is 0. The van der Waals surface area contributed by atoms with E-state index in [1.165, 1.54) is 0 Å². The van der Waals surface area contributed by atoms with Crippen molar-refractivity contribution < 1.29 is 9.60 Å². The summed E-state index contributed by atoms with van der Waals surface area (Å²) in [5, 5.41) is 2.00. The molecule has 6 heavy (non-hydrogen) atoms. The first-order valence-corrected chi connectivity index (χ1v) is 1.25. The van der Waals surface area contributed by atoms with Crippen molar-refractivity contribution in [3.05, 3.63) is 0 Å². The van der Waals surface area contributed by atoms with E-state index < -0.39 is 19.7 Å². The van der Waals surface area contributed by atoms with Gasteiger partial charge in [0.2, 0.25) is 0 Å². The average Bonchev–Trinajstić information content (AvgIpc) is 1.81. The highest BCUT2D eigenvalue weighted by atomic mass is 35.5. The Bertz CT molecular complexity index is 147. The second-order valence-corrected chi connectivity index (χ2v) is 0.625. The molecular weight excluding hydrogens is 97.5 g/mol. The minimum atomic E-state index is -2.87. The normalized spacial score (nSPS) is 31.2. The fraction of sp³-hybridized carbons (Fsp3) is 1.00. The predicted molar refractivity (Wildman–Crippen MR) is 31.4 cm³/mol. The van der Waals surface area contributed by atoms with Crippen LogP contribution in [0.3, 0.4) is 0 Å². The van der Waals surface area contributed by atoms with Gasteiger partial charge in [-0.05, 0) is 7.05 Å². The predicted octanol–water partition coefficient (Wildman–Crippen LogP) is 1.04. The summed E-state index contributed by atoms with van der Waals surface area (Å²) in [6.45, 7) is -5.74. The molecule has 2 heteroatoms. The number of nitrogens with one attached hydrogen (secondary N) is 1. The SMILES string of the molecule is Cl.[2H]C([2H])([2H])C([2H])(NC)C([2H])([2H])[2H]. The van der Waals surface area contributed by atoms with E-state index in [1.807, 2.05) is 5.32 Å². The molecule has 0 atom stereocenters. The zero-order valence-corrected chi connectivity index (χ0v) is 4.22. The highest BCUT2D eigenvalue weighted by Gasteiger charge is 1.76. The maximum atomic E-state index is 7.24. The maximum absolute atomic E-state index is 7.24. The van der Waals surface area contributed by atoms with Crippen LogP contribution in [0.1, 0.15) is 23.3 Å². The fourth-order valence-electron chi connectivity index (χ4n) is 0. The van der Waals surface area contributed by atoms with Gasteiger partial charge in [0.05, 0.1) is 0 Å². The first-order chi connectivity index (χ1) is 5.06. The van der Waals surface area contributed by atoms with E-state index in [0.717, 1.165) is 7.05 Å². The van der Waals surface area contributed by atoms with E-state index >= 15 is 0 Å². The molecule has 0 rings (SSSR count). The third-order valence-corrected chi connectivity index (χ3v) is 0.250. The molecule has 0 spiro atoms. The summed E-state index contributed by atoms with van der Waals surface area (Å²) in [5.74, 6) is 0. The Morgan fingerprint density at radius 1 is 1.83 bits per heavy atom. The van der Waals surface area contributed by atoms with Gasteiger partial charge in [-0.15, -0.1) is 12.4 Å². The minimum absolute atomic E-state index is 0. The molecular formula is C4H12ClN. The van der Waals surface area contributed by atoms with Gasteiger partial charge in [0, 0.05) is 15.6 Å². The van der Waals surface area contributed by atoms with Crippen molar-refractivity contribution in [2.24, 2.45) is 0 Å². The van der Waals surface area contributed by atoms with Crippen LogP contribution < -0.4 is 5.32 Å². The van der Waals surface area contributed by atoms with Gasteiger partial charge < -0.3 is 5.32 Å². The van der Waals surface area contributed by atoms with E-state index in [2.05, 4.69) is 0 Å². The quantitative estimate of drug-likeness (QED) is 0.540. The molecule has 0 saturated heterocycles. The van der Waals surface area contributed by atoms with Crippen molar-refractivity contribution in [3.63, 3.8) is 0 Å². The summed E-state index contributed by atoms with van der Waals surface area (Å²) in [7, 11) is 1.14. The first-order valence-electron chi connectivity index (χ1n) is 4.75. The average molecular weight is 117 g/mol. The van der Waals surface area contributed by atoms with E-state index in [9.17, 15) is 0 Å². The molecule has 0 aliphatic heterocycles. The second kappa shape index (κ2) is 5.25. The molecule has 0 radical (unpaired) electrons. The number of rotatable bonds is 1. The van der Waals surface area contributed by atoms with Crippen LogP contribution in [0, 0.1) is 0 Å². The van der Waals surface area contributed by atoms with Crippen LogP contribution in [-0.4, -0.2) is 13.1 Å². The van der Waals surface area contributed by atoms with Crippen molar-refractivity contribution in [2.45, 2.75) is 19.7 Å². The number of hydrogen-bond donors (Lipinski definition) is 1. The van der Waals surface area contributed by atoms with Gasteiger partial charge >= 0.3 is 0 Å². The highest BCUT2D eigenvalue weighted by molar-refractivity contribution is 5.85. The van der Waals surface area contributed by atoms with Crippen LogP contribution >= 0.6 is 12.4 Å². The van der Waals surface area contributed by atoms with Gasteiger partial charge in [0.25, 0.3) is 0 Å². The Balaban J connectivity index is 0. The third-order valence-electron chi connectivity index (χ3n) is 0.250. The van der Waals surface area contributed by atoms with Gasteiger partial charge in [-0.1, -0.05) is 13.7 Å². The van der Waals surface area contributed by atoms with Gasteiger partial charge in [-0.25, -0.2) is 0 Å². The molecule has 0 aliphatic rings. The molecule has 0 unspecified atom stereocenters. The summed E-state index contributed by atoms with van der Waals surface area (Å²) in [6, 6.07) is -2.58. The van der Waals surface area contributed by atoms with Gasteiger partial charge in [0.15, 0.2) is 0 Å². The molecule has 0 amide bonds. The van der Waals surface area contributed by atoms with Crippen molar-refractivity contribution in [2.75, 3.05) is 7.05 Å². The Hall–Kier alpha value is 0.250. The maximum Gasteiger partial charge on any atom is 0.0459 e. The van der Waals surface area contributed by atoms with Crippen molar-refractivity contribution >= 4 is 12.4 Å². The third kappa shape index (κ3) is 8.87. The van der Waals surface area contributed by atoms with Gasteiger partial charge in [-0.2, -0.15) is 0 Å². The van der Waals surface area contributed by atoms with E-state index in [1.54, 1.807) is 0 Å². The van der Waals surface area contributed by atoms with E-state index in [0.29, 0.717) is 0 Å². The lowest BCUT2D eigenvalue weighted by molar-refractivity contribution is 0.668. The lowest BCUT2D eigenvalue weighted by Gasteiger charge is -1.95. The van der Waals surface area contributed by atoms with Crippen molar-refractivity contribution in [1.82, 2.24) is 5.32 Å². The van der Waals surface area contributed by atoms with Crippen molar-refractivity contribution in [1.29, 1.82) is 0 Å². The Morgan fingerprint density at radius 2 is 2.33 bits per heavy atom. The molecule has 1 nitrogen and oxygen atoms in total. The number of halogens is 1. The highest BCUT2D eigenvalue weighted by Crippen LogP contribution is 1.66. The van der Waals surface area contributed by atoms with Crippen LogP contribution in [0.15, 0.2) is 0 Å². The molecule has 1 N–H and O–H groups in total. The zero-order chi connectivity index (χ0) is 10.2. The Kier molecular flexibility index (Phi) is 1.19. The lowest BCUT2D eigenvalue weighted by atomic mass is 10.4. The van der Waals surface area contributed by atoms with Gasteiger partial charge in [0.1, 0.15) is 0 Å². The molecule has 0 bridgehead atoms. The number of hydrogen-bond acceptors (Lipinski definition) is 1. The van der Waals surface area contributed by atoms with Gasteiger partial charge in [-0.3, -0.25) is 0 Å². The standard InChI is InChI=1S/C4H11N.ClH/c1-4(2)5-3;/h4-5H,1-3H3;1H/i1D3,2D3,4D;. The summed E-state index contributed by atoms with van der Waals surface area (Å²) < 4.78 is 48.4. The summed E-state index contributed by atoms with van der Waals surface area (Å²) >= 11 is 0. The molecule has 0 fully saturated rings. The first kappa shape index (κ1) is 1.36. The molecule has 0 saturated carbocycles. The van der Waals surface area contributed by atoms with Crippen LogP contribution in [0.25, 0.3) is 0 Å². The molecule has 0 aromatic rings. The molecule has 0 aromatic heterocycles. The minimum Gasteiger partial charge on any atom is -0.318 e. The largest absolute Gasteiger partial charge is 0.318 e. The van der Waals surface area contributed by atoms with E-state index in [4.69, 9.17) is 9.60 Å². The second-order valence-electron chi connectivity index (χ2n) is 0.625. The molecule has 0 aliphatic carbocycles. The summed E-state index contributed by atoms with van der Waals surface area (Å²) in [4.78, 5) is 0. The van der Waals surface area contributed by atoms with Crippen LogP contribution in [0.2, 0.25) is 0 Å². The molecule has 40 valence electrons.